The van der Waals surface area contributed by atoms with Crippen LogP contribution in [0.2, 0.25) is 0 Å². The Morgan fingerprint density at radius 2 is 2.12 bits per heavy atom. The lowest BCUT2D eigenvalue weighted by atomic mass is 10.2. The Bertz CT molecular complexity index is 949. The SMILES string of the molecule is CCCn1nc(-c2c[nH]c3ccccc23)nc1[C@H](C)n1cncn1. The normalized spacial score (nSPS) is 12.8. The molecule has 0 aliphatic heterocycles. The molecule has 7 heteroatoms. The Morgan fingerprint density at radius 3 is 2.92 bits per heavy atom. The molecule has 24 heavy (non-hydrogen) atoms. The minimum absolute atomic E-state index is 0.0227. The number of hydrogen-bond acceptors (Lipinski definition) is 4. The average Bonchev–Trinajstić information content (AvgIpc) is 3.33. The third-order valence-electron chi connectivity index (χ3n) is 4.17. The molecule has 4 aromatic rings. The summed E-state index contributed by atoms with van der Waals surface area (Å²) in [7, 11) is 0. The van der Waals surface area contributed by atoms with E-state index in [4.69, 9.17) is 10.1 Å². The fraction of sp³-hybridized carbons (Fsp3) is 0.294. The summed E-state index contributed by atoms with van der Waals surface area (Å²) in [6.45, 7) is 5.02. The Kier molecular flexibility index (Phi) is 3.60. The molecular formula is C17H19N7. The Morgan fingerprint density at radius 1 is 1.25 bits per heavy atom. The van der Waals surface area contributed by atoms with Crippen LogP contribution in [0.3, 0.4) is 0 Å². The molecule has 0 spiro atoms. The number of hydrogen-bond donors (Lipinski definition) is 1. The van der Waals surface area contributed by atoms with Gasteiger partial charge in [-0.05, 0) is 19.4 Å². The van der Waals surface area contributed by atoms with Crippen molar-refractivity contribution in [3.8, 4) is 11.4 Å². The molecule has 0 radical (unpaired) electrons. The maximum absolute atomic E-state index is 4.82. The van der Waals surface area contributed by atoms with Crippen molar-refractivity contribution in [2.45, 2.75) is 32.9 Å². The quantitative estimate of drug-likeness (QED) is 0.613. The van der Waals surface area contributed by atoms with Gasteiger partial charge in [-0.3, -0.25) is 0 Å². The lowest BCUT2D eigenvalue weighted by Crippen LogP contribution is -2.15. The van der Waals surface area contributed by atoms with E-state index in [-0.39, 0.29) is 6.04 Å². The summed E-state index contributed by atoms with van der Waals surface area (Å²) >= 11 is 0. The van der Waals surface area contributed by atoms with Crippen molar-refractivity contribution in [1.29, 1.82) is 0 Å². The molecular weight excluding hydrogens is 302 g/mol. The number of H-pyrrole nitrogens is 1. The van der Waals surface area contributed by atoms with Crippen molar-refractivity contribution in [2.75, 3.05) is 0 Å². The van der Waals surface area contributed by atoms with E-state index in [1.54, 1.807) is 11.0 Å². The molecule has 0 bridgehead atoms. The molecule has 7 nitrogen and oxygen atoms in total. The van der Waals surface area contributed by atoms with E-state index >= 15 is 0 Å². The van der Waals surface area contributed by atoms with Crippen LogP contribution in [0.25, 0.3) is 22.3 Å². The van der Waals surface area contributed by atoms with E-state index in [1.165, 1.54) is 6.33 Å². The van der Waals surface area contributed by atoms with Crippen molar-refractivity contribution in [3.05, 3.63) is 48.9 Å². The van der Waals surface area contributed by atoms with Gasteiger partial charge in [-0.2, -0.15) is 10.2 Å². The van der Waals surface area contributed by atoms with E-state index < -0.39 is 0 Å². The fourth-order valence-electron chi connectivity index (χ4n) is 2.95. The number of aromatic amines is 1. The van der Waals surface area contributed by atoms with Gasteiger partial charge in [-0.25, -0.2) is 19.3 Å². The summed E-state index contributed by atoms with van der Waals surface area (Å²) in [5, 5.41) is 10.1. The number of para-hydroxylation sites is 1. The Labute approximate surface area is 139 Å². The third kappa shape index (κ3) is 2.38. The summed E-state index contributed by atoms with van der Waals surface area (Å²) in [5.41, 5.74) is 2.11. The first-order valence-corrected chi connectivity index (χ1v) is 8.13. The monoisotopic (exact) mass is 321 g/mol. The van der Waals surface area contributed by atoms with Gasteiger partial charge in [0.15, 0.2) is 11.6 Å². The van der Waals surface area contributed by atoms with Gasteiger partial charge < -0.3 is 4.98 Å². The molecule has 0 aliphatic carbocycles. The molecule has 0 unspecified atom stereocenters. The minimum Gasteiger partial charge on any atom is -0.360 e. The zero-order valence-electron chi connectivity index (χ0n) is 13.7. The van der Waals surface area contributed by atoms with E-state index in [0.29, 0.717) is 0 Å². The molecule has 1 N–H and O–H groups in total. The highest BCUT2D eigenvalue weighted by Gasteiger charge is 2.20. The van der Waals surface area contributed by atoms with Crippen LogP contribution in [0.1, 0.15) is 32.1 Å². The summed E-state index contributed by atoms with van der Waals surface area (Å²) < 4.78 is 3.78. The Hall–Kier alpha value is -2.96. The van der Waals surface area contributed by atoms with Gasteiger partial charge in [-0.15, -0.1) is 0 Å². The lowest BCUT2D eigenvalue weighted by Gasteiger charge is -2.11. The molecule has 122 valence electrons. The van der Waals surface area contributed by atoms with Gasteiger partial charge in [0.1, 0.15) is 18.7 Å². The van der Waals surface area contributed by atoms with Gasteiger partial charge in [0.2, 0.25) is 0 Å². The number of fused-ring (bicyclic) bond motifs is 1. The fourth-order valence-corrected chi connectivity index (χ4v) is 2.95. The van der Waals surface area contributed by atoms with Crippen LogP contribution >= 0.6 is 0 Å². The first-order valence-electron chi connectivity index (χ1n) is 8.13. The second-order valence-electron chi connectivity index (χ2n) is 5.82. The summed E-state index contributed by atoms with van der Waals surface area (Å²) in [5.74, 6) is 1.63. The van der Waals surface area contributed by atoms with E-state index in [1.807, 2.05) is 23.0 Å². The maximum Gasteiger partial charge on any atom is 0.183 e. The predicted molar refractivity (Wildman–Crippen MR) is 91.4 cm³/mol. The zero-order chi connectivity index (χ0) is 16.5. The molecule has 0 aliphatic rings. The van der Waals surface area contributed by atoms with Crippen LogP contribution in [0.15, 0.2) is 43.1 Å². The van der Waals surface area contributed by atoms with Crippen molar-refractivity contribution in [3.63, 3.8) is 0 Å². The smallest absolute Gasteiger partial charge is 0.183 e. The number of nitrogens with one attached hydrogen (secondary N) is 1. The van der Waals surface area contributed by atoms with E-state index in [9.17, 15) is 0 Å². The van der Waals surface area contributed by atoms with Gasteiger partial charge in [0, 0.05) is 29.2 Å². The van der Waals surface area contributed by atoms with Gasteiger partial charge in [-0.1, -0.05) is 25.1 Å². The molecule has 3 aromatic heterocycles. The molecule has 4 rings (SSSR count). The molecule has 1 aromatic carbocycles. The second kappa shape index (κ2) is 5.92. The molecule has 3 heterocycles. The van der Waals surface area contributed by atoms with Crippen LogP contribution in [0, 0.1) is 0 Å². The number of nitrogens with zero attached hydrogens (tertiary/aromatic N) is 6. The molecule has 1 atom stereocenters. The largest absolute Gasteiger partial charge is 0.360 e. The first-order chi connectivity index (χ1) is 11.8. The van der Waals surface area contributed by atoms with Gasteiger partial charge in [0.25, 0.3) is 0 Å². The van der Waals surface area contributed by atoms with Gasteiger partial charge in [0.05, 0.1) is 0 Å². The zero-order valence-corrected chi connectivity index (χ0v) is 13.7. The molecule has 0 saturated carbocycles. The summed E-state index contributed by atoms with van der Waals surface area (Å²) in [6.07, 6.45) is 6.21. The molecule has 0 fully saturated rings. The van der Waals surface area contributed by atoms with Crippen molar-refractivity contribution in [2.24, 2.45) is 0 Å². The van der Waals surface area contributed by atoms with Crippen molar-refractivity contribution < 1.29 is 0 Å². The second-order valence-corrected chi connectivity index (χ2v) is 5.82. The highest BCUT2D eigenvalue weighted by Crippen LogP contribution is 2.27. The summed E-state index contributed by atoms with van der Waals surface area (Å²) in [4.78, 5) is 12.1. The van der Waals surface area contributed by atoms with Crippen molar-refractivity contribution >= 4 is 10.9 Å². The number of rotatable bonds is 5. The average molecular weight is 321 g/mol. The number of aryl methyl sites for hydroxylation is 1. The van der Waals surface area contributed by atoms with Crippen LogP contribution in [-0.2, 0) is 6.54 Å². The molecule has 0 saturated heterocycles. The number of benzene rings is 1. The van der Waals surface area contributed by atoms with Crippen LogP contribution in [0.4, 0.5) is 0 Å². The number of aromatic nitrogens is 7. The highest BCUT2D eigenvalue weighted by atomic mass is 15.4. The predicted octanol–water partition coefficient (Wildman–Crippen LogP) is 3.04. The van der Waals surface area contributed by atoms with Gasteiger partial charge >= 0.3 is 0 Å². The lowest BCUT2D eigenvalue weighted by molar-refractivity contribution is 0.477. The third-order valence-corrected chi connectivity index (χ3v) is 4.17. The topological polar surface area (TPSA) is 77.2 Å². The summed E-state index contributed by atoms with van der Waals surface area (Å²) in [6, 6.07) is 8.17. The van der Waals surface area contributed by atoms with E-state index in [2.05, 4.69) is 41.0 Å². The van der Waals surface area contributed by atoms with Crippen LogP contribution in [-0.4, -0.2) is 34.5 Å². The standard InChI is InChI=1S/C17H19N7/c1-3-8-23-17(12(2)24-11-18-10-20-24)21-16(22-23)14-9-19-15-7-5-4-6-13(14)15/h4-7,9-12,19H,3,8H2,1-2H3/t12-/m0/s1. The van der Waals surface area contributed by atoms with Crippen LogP contribution < -0.4 is 0 Å². The maximum atomic E-state index is 4.82. The Balaban J connectivity index is 1.81. The van der Waals surface area contributed by atoms with Crippen molar-refractivity contribution in [1.82, 2.24) is 34.5 Å². The van der Waals surface area contributed by atoms with E-state index in [0.717, 1.165) is 41.1 Å². The minimum atomic E-state index is -0.0227. The first kappa shape index (κ1) is 14.6. The molecule has 0 amide bonds. The van der Waals surface area contributed by atoms with Crippen LogP contribution in [0.5, 0.6) is 0 Å². The highest BCUT2D eigenvalue weighted by molar-refractivity contribution is 5.93.